The number of nitrogens with one attached hydrogen (secondary N) is 1. The number of benzene rings is 2. The first-order chi connectivity index (χ1) is 16.1. The molecule has 0 unspecified atom stereocenters. The molecule has 1 amide bonds. The van der Waals surface area contributed by atoms with Crippen molar-refractivity contribution < 1.29 is 14.3 Å². The molecule has 0 spiro atoms. The lowest BCUT2D eigenvalue weighted by atomic mass is 9.90. The van der Waals surface area contributed by atoms with Crippen LogP contribution in [0.5, 0.6) is 5.75 Å². The zero-order valence-corrected chi connectivity index (χ0v) is 20.0. The van der Waals surface area contributed by atoms with Gasteiger partial charge in [0, 0.05) is 50.3 Å². The third-order valence-corrected chi connectivity index (χ3v) is 6.64. The van der Waals surface area contributed by atoms with Gasteiger partial charge in [-0.15, -0.1) is 0 Å². The number of ether oxygens (including phenoxy) is 2. The van der Waals surface area contributed by atoms with E-state index in [1.165, 1.54) is 11.1 Å². The summed E-state index contributed by atoms with van der Waals surface area (Å²) in [7, 11) is 5.51. The maximum Gasteiger partial charge on any atom is 0.270 e. The molecular formula is C27H35N3O3. The second-order valence-electron chi connectivity index (χ2n) is 9.12. The Kier molecular flexibility index (Phi) is 7.68. The molecule has 33 heavy (non-hydrogen) atoms. The minimum atomic E-state index is 0.0885. The fraction of sp³-hybridized carbons (Fsp3) is 0.444. The van der Waals surface area contributed by atoms with Crippen molar-refractivity contribution in [3.63, 3.8) is 0 Å². The van der Waals surface area contributed by atoms with Crippen molar-refractivity contribution in [1.82, 2.24) is 14.8 Å². The van der Waals surface area contributed by atoms with Gasteiger partial charge in [0.2, 0.25) is 0 Å². The zero-order valence-electron chi connectivity index (χ0n) is 20.0. The number of carbonyl (C=O) groups is 1. The van der Waals surface area contributed by atoms with Gasteiger partial charge in [-0.05, 0) is 61.6 Å². The van der Waals surface area contributed by atoms with E-state index in [4.69, 9.17) is 9.47 Å². The van der Waals surface area contributed by atoms with E-state index in [0.717, 1.165) is 68.7 Å². The molecule has 1 N–H and O–H groups in total. The van der Waals surface area contributed by atoms with Gasteiger partial charge in [0.25, 0.3) is 5.91 Å². The van der Waals surface area contributed by atoms with Crippen LogP contribution < -0.4 is 4.74 Å². The van der Waals surface area contributed by atoms with E-state index in [1.54, 1.807) is 14.2 Å². The lowest BCUT2D eigenvalue weighted by molar-refractivity contribution is 0.0685. The Bertz CT molecular complexity index is 1050. The number of methoxy groups -OCH3 is 2. The van der Waals surface area contributed by atoms with Crippen molar-refractivity contribution in [3.8, 4) is 5.75 Å². The molecule has 1 saturated heterocycles. The number of likely N-dealkylation sites (tertiary alicyclic amines) is 1. The fourth-order valence-electron chi connectivity index (χ4n) is 4.61. The number of amides is 1. The molecule has 1 aliphatic heterocycles. The summed E-state index contributed by atoms with van der Waals surface area (Å²) in [4.78, 5) is 20.6. The molecule has 0 aliphatic carbocycles. The number of rotatable bonds is 9. The second-order valence-corrected chi connectivity index (χ2v) is 9.12. The largest absolute Gasteiger partial charge is 0.497 e. The quantitative estimate of drug-likeness (QED) is 0.528. The van der Waals surface area contributed by atoms with Crippen LogP contribution in [0.4, 0.5) is 0 Å². The molecular weight excluding hydrogens is 414 g/mol. The maximum atomic E-state index is 13.0. The monoisotopic (exact) mass is 449 g/mol. The first-order valence-corrected chi connectivity index (χ1v) is 11.8. The molecule has 2 heterocycles. The highest BCUT2D eigenvalue weighted by Crippen LogP contribution is 2.25. The number of piperidine rings is 1. The minimum absolute atomic E-state index is 0.0885. The Morgan fingerprint density at radius 3 is 2.48 bits per heavy atom. The summed E-state index contributed by atoms with van der Waals surface area (Å²) in [6, 6.07) is 16.8. The van der Waals surface area contributed by atoms with E-state index in [2.05, 4.69) is 41.2 Å². The van der Waals surface area contributed by atoms with E-state index in [0.29, 0.717) is 11.6 Å². The number of hydrogen-bond acceptors (Lipinski definition) is 4. The van der Waals surface area contributed by atoms with Crippen LogP contribution in [0.3, 0.4) is 0 Å². The smallest absolute Gasteiger partial charge is 0.270 e. The van der Waals surface area contributed by atoms with Crippen LogP contribution >= 0.6 is 0 Å². The van der Waals surface area contributed by atoms with Crippen LogP contribution in [-0.4, -0.2) is 68.2 Å². The van der Waals surface area contributed by atoms with Crippen LogP contribution in [0.15, 0.2) is 48.5 Å². The van der Waals surface area contributed by atoms with Crippen molar-refractivity contribution in [2.45, 2.75) is 25.8 Å². The number of hydrogen-bond donors (Lipinski definition) is 1. The molecule has 1 aliphatic rings. The van der Waals surface area contributed by atoms with Gasteiger partial charge in [-0.2, -0.15) is 0 Å². The normalized spacial score (nSPS) is 14.8. The van der Waals surface area contributed by atoms with Crippen molar-refractivity contribution in [2.24, 2.45) is 5.92 Å². The fourth-order valence-corrected chi connectivity index (χ4v) is 4.61. The van der Waals surface area contributed by atoms with Crippen LogP contribution in [0, 0.1) is 5.92 Å². The number of carbonyl (C=O) groups excluding carboxylic acids is 1. The highest BCUT2D eigenvalue weighted by atomic mass is 16.5. The number of H-pyrrole nitrogens is 1. The standard InChI is InChI=1S/C27H35N3O3/c1-29(14-15-32-2)19-22-6-4-20(5-7-22)16-21-10-12-30(13-11-21)27(31)26-17-23-8-9-24(33-3)18-25(23)28-26/h4-9,17-18,21,28H,10-16,19H2,1-3H3. The lowest BCUT2D eigenvalue weighted by Crippen LogP contribution is -2.39. The molecule has 0 bridgehead atoms. The molecule has 4 rings (SSSR count). The van der Waals surface area contributed by atoms with E-state index in [1.807, 2.05) is 29.2 Å². The summed E-state index contributed by atoms with van der Waals surface area (Å²) in [6.45, 7) is 4.24. The summed E-state index contributed by atoms with van der Waals surface area (Å²) >= 11 is 0. The SMILES string of the molecule is COCCN(C)Cc1ccc(CC2CCN(C(=O)c3cc4ccc(OC)cc4[nH]3)CC2)cc1. The first kappa shape index (κ1) is 23.3. The topological polar surface area (TPSA) is 57.8 Å². The van der Waals surface area contributed by atoms with Gasteiger partial charge in [-0.3, -0.25) is 9.69 Å². The average Bonchev–Trinajstić information content (AvgIpc) is 3.27. The Morgan fingerprint density at radius 1 is 1.06 bits per heavy atom. The number of aromatic nitrogens is 1. The summed E-state index contributed by atoms with van der Waals surface area (Å²) in [5, 5.41) is 1.03. The highest BCUT2D eigenvalue weighted by molar-refractivity contribution is 5.98. The first-order valence-electron chi connectivity index (χ1n) is 11.8. The molecule has 0 atom stereocenters. The van der Waals surface area contributed by atoms with Crippen LogP contribution in [0.2, 0.25) is 0 Å². The lowest BCUT2D eigenvalue weighted by Gasteiger charge is -2.32. The van der Waals surface area contributed by atoms with Gasteiger partial charge in [-0.1, -0.05) is 24.3 Å². The maximum absolute atomic E-state index is 13.0. The molecule has 6 nitrogen and oxygen atoms in total. The summed E-state index contributed by atoms with van der Waals surface area (Å²) in [6.07, 6.45) is 3.16. The third-order valence-electron chi connectivity index (χ3n) is 6.64. The van der Waals surface area contributed by atoms with Crippen molar-refractivity contribution in [1.29, 1.82) is 0 Å². The predicted octanol–water partition coefficient (Wildman–Crippen LogP) is 4.35. The predicted molar refractivity (Wildman–Crippen MR) is 132 cm³/mol. The number of fused-ring (bicyclic) bond motifs is 1. The molecule has 3 aromatic rings. The minimum Gasteiger partial charge on any atom is -0.497 e. The van der Waals surface area contributed by atoms with Gasteiger partial charge in [0.1, 0.15) is 11.4 Å². The van der Waals surface area contributed by atoms with Gasteiger partial charge < -0.3 is 19.4 Å². The van der Waals surface area contributed by atoms with E-state index in [-0.39, 0.29) is 5.91 Å². The molecule has 1 aromatic heterocycles. The van der Waals surface area contributed by atoms with Crippen LogP contribution in [0.25, 0.3) is 10.9 Å². The molecule has 2 aromatic carbocycles. The molecule has 1 fully saturated rings. The Balaban J connectivity index is 1.28. The number of nitrogens with zero attached hydrogens (tertiary/aromatic N) is 2. The van der Waals surface area contributed by atoms with Gasteiger partial charge in [0.05, 0.1) is 13.7 Å². The van der Waals surface area contributed by atoms with Crippen molar-refractivity contribution in [3.05, 3.63) is 65.4 Å². The molecule has 0 saturated carbocycles. The average molecular weight is 450 g/mol. The number of likely N-dealkylation sites (N-methyl/N-ethyl adjacent to an activating group) is 1. The zero-order chi connectivity index (χ0) is 23.2. The summed E-state index contributed by atoms with van der Waals surface area (Å²) in [5.41, 5.74) is 4.30. The number of aromatic amines is 1. The van der Waals surface area contributed by atoms with Crippen LogP contribution in [0.1, 0.15) is 34.5 Å². The van der Waals surface area contributed by atoms with Gasteiger partial charge >= 0.3 is 0 Å². The highest BCUT2D eigenvalue weighted by Gasteiger charge is 2.25. The second kappa shape index (κ2) is 10.9. The Labute approximate surface area is 196 Å². The van der Waals surface area contributed by atoms with Crippen molar-refractivity contribution in [2.75, 3.05) is 47.5 Å². The van der Waals surface area contributed by atoms with E-state index < -0.39 is 0 Å². The third kappa shape index (κ3) is 5.95. The van der Waals surface area contributed by atoms with E-state index >= 15 is 0 Å². The summed E-state index contributed by atoms with van der Waals surface area (Å²) < 4.78 is 10.4. The Morgan fingerprint density at radius 2 is 1.79 bits per heavy atom. The molecule has 6 heteroatoms. The van der Waals surface area contributed by atoms with E-state index in [9.17, 15) is 4.79 Å². The summed E-state index contributed by atoms with van der Waals surface area (Å²) in [5.74, 6) is 1.50. The Hall–Kier alpha value is -2.83. The van der Waals surface area contributed by atoms with Crippen LogP contribution in [-0.2, 0) is 17.7 Å². The molecule has 0 radical (unpaired) electrons. The van der Waals surface area contributed by atoms with Gasteiger partial charge in [0.15, 0.2) is 0 Å². The molecule has 176 valence electrons. The van der Waals surface area contributed by atoms with Crippen molar-refractivity contribution >= 4 is 16.8 Å². The van der Waals surface area contributed by atoms with Gasteiger partial charge in [-0.25, -0.2) is 0 Å².